The molecule has 1 heterocycles. The number of carbonyl (C=O) groups is 1. The molecule has 0 saturated carbocycles. The molecule has 1 amide bonds. The van der Waals surface area contributed by atoms with E-state index in [4.69, 9.17) is 10.5 Å². The first-order valence-electron chi connectivity index (χ1n) is 7.07. The minimum Gasteiger partial charge on any atom is -0.444 e. The zero-order valence-electron chi connectivity index (χ0n) is 12.2. The lowest BCUT2D eigenvalue weighted by molar-refractivity contribution is 0.00378. The van der Waals surface area contributed by atoms with Crippen LogP contribution in [0.1, 0.15) is 53.4 Å². The second-order valence-electron chi connectivity index (χ2n) is 6.20. The van der Waals surface area contributed by atoms with Gasteiger partial charge < -0.3 is 15.4 Å². The van der Waals surface area contributed by atoms with E-state index in [9.17, 15) is 4.79 Å². The van der Waals surface area contributed by atoms with Crippen molar-refractivity contribution in [3.8, 4) is 0 Å². The number of amides is 1. The van der Waals surface area contributed by atoms with Gasteiger partial charge in [0.15, 0.2) is 0 Å². The summed E-state index contributed by atoms with van der Waals surface area (Å²) >= 11 is 0. The van der Waals surface area contributed by atoms with Gasteiger partial charge in [-0.2, -0.15) is 0 Å². The van der Waals surface area contributed by atoms with Crippen LogP contribution in [0.15, 0.2) is 0 Å². The zero-order chi connectivity index (χ0) is 13.8. The summed E-state index contributed by atoms with van der Waals surface area (Å²) in [6, 6.07) is 0.310. The number of nitrogens with zero attached hydrogens (tertiary/aromatic N) is 1. The standard InChI is InChI=1S/C14H28N2O2/c1-5-12-10-11(6-8-15)7-9-16(12)13(17)18-14(2,3)4/h11-12H,5-10,15H2,1-4H3. The van der Waals surface area contributed by atoms with Crippen LogP contribution < -0.4 is 5.73 Å². The molecule has 0 aliphatic carbocycles. The number of carbonyl (C=O) groups excluding carboxylic acids is 1. The van der Waals surface area contributed by atoms with Crippen LogP contribution in [0.5, 0.6) is 0 Å². The fourth-order valence-electron chi connectivity index (χ4n) is 2.58. The van der Waals surface area contributed by atoms with Crippen molar-refractivity contribution in [1.82, 2.24) is 4.90 Å². The van der Waals surface area contributed by atoms with E-state index in [2.05, 4.69) is 6.92 Å². The number of likely N-dealkylation sites (tertiary alicyclic amines) is 1. The highest BCUT2D eigenvalue weighted by Crippen LogP contribution is 2.28. The molecular weight excluding hydrogens is 228 g/mol. The summed E-state index contributed by atoms with van der Waals surface area (Å²) in [4.78, 5) is 14.0. The fraction of sp³-hybridized carbons (Fsp3) is 0.929. The molecule has 18 heavy (non-hydrogen) atoms. The highest BCUT2D eigenvalue weighted by molar-refractivity contribution is 5.68. The Morgan fingerprint density at radius 1 is 1.44 bits per heavy atom. The first kappa shape index (κ1) is 15.3. The van der Waals surface area contributed by atoms with Crippen LogP contribution in [-0.2, 0) is 4.74 Å². The number of ether oxygens (including phenoxy) is 1. The average Bonchev–Trinajstić information content (AvgIpc) is 2.27. The fourth-order valence-corrected chi connectivity index (χ4v) is 2.58. The van der Waals surface area contributed by atoms with Crippen molar-refractivity contribution in [3.05, 3.63) is 0 Å². The van der Waals surface area contributed by atoms with Gasteiger partial charge in [0.2, 0.25) is 0 Å². The molecule has 0 aromatic rings. The molecule has 1 aliphatic rings. The third-order valence-electron chi connectivity index (χ3n) is 3.50. The Hall–Kier alpha value is -0.770. The van der Waals surface area contributed by atoms with E-state index in [1.165, 1.54) is 0 Å². The Bertz CT molecular complexity index is 273. The highest BCUT2D eigenvalue weighted by Gasteiger charge is 2.32. The third kappa shape index (κ3) is 4.48. The summed E-state index contributed by atoms with van der Waals surface area (Å²) in [5.74, 6) is 0.665. The molecule has 4 heteroatoms. The lowest BCUT2D eigenvalue weighted by Gasteiger charge is -2.39. The molecule has 0 aromatic heterocycles. The molecule has 106 valence electrons. The molecular formula is C14H28N2O2. The Balaban J connectivity index is 2.58. The van der Waals surface area contributed by atoms with Crippen LogP contribution in [0.25, 0.3) is 0 Å². The molecule has 0 radical (unpaired) electrons. The Morgan fingerprint density at radius 2 is 2.11 bits per heavy atom. The second-order valence-corrected chi connectivity index (χ2v) is 6.20. The number of hydrogen-bond acceptors (Lipinski definition) is 3. The van der Waals surface area contributed by atoms with E-state index in [1.54, 1.807) is 0 Å². The van der Waals surface area contributed by atoms with E-state index >= 15 is 0 Å². The van der Waals surface area contributed by atoms with Crippen molar-refractivity contribution in [3.63, 3.8) is 0 Å². The molecule has 1 saturated heterocycles. The van der Waals surface area contributed by atoms with Crippen LogP contribution in [0.4, 0.5) is 4.79 Å². The van der Waals surface area contributed by atoms with Crippen molar-refractivity contribution in [1.29, 1.82) is 0 Å². The van der Waals surface area contributed by atoms with E-state index in [-0.39, 0.29) is 6.09 Å². The molecule has 1 rings (SSSR count). The normalized spacial score (nSPS) is 25.1. The van der Waals surface area contributed by atoms with E-state index in [1.807, 2.05) is 25.7 Å². The molecule has 1 fully saturated rings. The van der Waals surface area contributed by atoms with Crippen LogP contribution in [0.2, 0.25) is 0 Å². The molecule has 4 nitrogen and oxygen atoms in total. The Labute approximate surface area is 111 Å². The number of hydrogen-bond donors (Lipinski definition) is 1. The smallest absolute Gasteiger partial charge is 0.410 e. The molecule has 2 atom stereocenters. The quantitative estimate of drug-likeness (QED) is 0.844. The maximum atomic E-state index is 12.1. The third-order valence-corrected chi connectivity index (χ3v) is 3.50. The van der Waals surface area contributed by atoms with E-state index in [0.717, 1.165) is 38.8 Å². The molecule has 0 aromatic carbocycles. The maximum Gasteiger partial charge on any atom is 0.410 e. The van der Waals surface area contributed by atoms with Crippen LogP contribution in [-0.4, -0.2) is 35.7 Å². The molecule has 0 spiro atoms. The summed E-state index contributed by atoms with van der Waals surface area (Å²) in [5.41, 5.74) is 5.21. The van der Waals surface area contributed by atoms with Crippen molar-refractivity contribution in [2.24, 2.45) is 11.7 Å². The predicted octanol–water partition coefficient (Wildman–Crippen LogP) is 2.76. The van der Waals surface area contributed by atoms with Crippen LogP contribution in [0, 0.1) is 5.92 Å². The Kier molecular flexibility index (Phi) is 5.45. The van der Waals surface area contributed by atoms with Gasteiger partial charge in [0.1, 0.15) is 5.60 Å². The molecule has 1 aliphatic heterocycles. The van der Waals surface area contributed by atoms with Crippen molar-refractivity contribution in [2.75, 3.05) is 13.1 Å². The van der Waals surface area contributed by atoms with Crippen LogP contribution >= 0.6 is 0 Å². The first-order valence-corrected chi connectivity index (χ1v) is 7.07. The predicted molar refractivity (Wildman–Crippen MR) is 73.4 cm³/mol. The van der Waals surface area contributed by atoms with Gasteiger partial charge in [0, 0.05) is 12.6 Å². The van der Waals surface area contributed by atoms with Gasteiger partial charge in [0.05, 0.1) is 0 Å². The summed E-state index contributed by atoms with van der Waals surface area (Å²) in [6.45, 7) is 9.41. The van der Waals surface area contributed by atoms with E-state index in [0.29, 0.717) is 12.0 Å². The maximum absolute atomic E-state index is 12.1. The van der Waals surface area contributed by atoms with Crippen molar-refractivity contribution >= 4 is 6.09 Å². The van der Waals surface area contributed by atoms with Crippen molar-refractivity contribution in [2.45, 2.75) is 65.0 Å². The summed E-state index contributed by atoms with van der Waals surface area (Å²) in [7, 11) is 0. The first-order chi connectivity index (χ1) is 8.37. The largest absolute Gasteiger partial charge is 0.444 e. The second kappa shape index (κ2) is 6.41. The lowest BCUT2D eigenvalue weighted by Crippen LogP contribution is -2.48. The van der Waals surface area contributed by atoms with Gasteiger partial charge >= 0.3 is 6.09 Å². The average molecular weight is 256 g/mol. The monoisotopic (exact) mass is 256 g/mol. The summed E-state index contributed by atoms with van der Waals surface area (Å²) < 4.78 is 5.47. The van der Waals surface area contributed by atoms with E-state index < -0.39 is 5.60 Å². The van der Waals surface area contributed by atoms with Gasteiger partial charge in [-0.1, -0.05) is 6.92 Å². The van der Waals surface area contributed by atoms with Crippen molar-refractivity contribution < 1.29 is 9.53 Å². The zero-order valence-corrected chi connectivity index (χ0v) is 12.2. The number of rotatable bonds is 3. The van der Waals surface area contributed by atoms with Gasteiger partial charge in [-0.15, -0.1) is 0 Å². The summed E-state index contributed by atoms with van der Waals surface area (Å²) in [6.07, 6.45) is 4.00. The van der Waals surface area contributed by atoms with Gasteiger partial charge in [0.25, 0.3) is 0 Å². The minimum atomic E-state index is -0.413. The topological polar surface area (TPSA) is 55.6 Å². The molecule has 2 unspecified atom stereocenters. The number of nitrogens with two attached hydrogens (primary N) is 1. The van der Waals surface area contributed by atoms with Crippen LogP contribution in [0.3, 0.4) is 0 Å². The van der Waals surface area contributed by atoms with Gasteiger partial charge in [-0.05, 0) is 58.9 Å². The molecule has 2 N–H and O–H groups in total. The summed E-state index contributed by atoms with van der Waals surface area (Å²) in [5, 5.41) is 0. The van der Waals surface area contributed by atoms with Gasteiger partial charge in [-0.25, -0.2) is 4.79 Å². The SMILES string of the molecule is CCC1CC(CCN)CCN1C(=O)OC(C)(C)C. The minimum absolute atomic E-state index is 0.166. The number of piperidine rings is 1. The lowest BCUT2D eigenvalue weighted by atomic mass is 9.87. The highest BCUT2D eigenvalue weighted by atomic mass is 16.6. The molecule has 0 bridgehead atoms. The van der Waals surface area contributed by atoms with Gasteiger partial charge in [-0.3, -0.25) is 0 Å². The Morgan fingerprint density at radius 3 is 2.61 bits per heavy atom.